The summed E-state index contributed by atoms with van der Waals surface area (Å²) in [6.07, 6.45) is -3.12. The van der Waals surface area contributed by atoms with Crippen molar-refractivity contribution in [2.24, 2.45) is 10.7 Å². The van der Waals surface area contributed by atoms with Crippen LogP contribution in [0.25, 0.3) is 0 Å². The van der Waals surface area contributed by atoms with Crippen LogP contribution in [-0.4, -0.2) is 70.7 Å². The van der Waals surface area contributed by atoms with E-state index in [-0.39, 0.29) is 6.61 Å². The monoisotopic (exact) mass is 273 g/mol. The second kappa shape index (κ2) is 5.43. The number of aliphatic hydroxyl groups is 3. The smallest absolute Gasteiger partial charge is 0.231 e. The third kappa shape index (κ3) is 2.45. The Morgan fingerprint density at radius 2 is 2.16 bits per heavy atom. The zero-order valence-electron chi connectivity index (χ0n) is 10.8. The molecule has 2 heterocycles. The minimum Gasteiger partial charge on any atom is -0.394 e. The van der Waals surface area contributed by atoms with Gasteiger partial charge in [0, 0.05) is 18.9 Å². The molecule has 0 aliphatic carbocycles. The lowest BCUT2D eigenvalue weighted by molar-refractivity contribution is -0.139. The first-order valence-electron chi connectivity index (χ1n) is 5.94. The third-order valence-corrected chi connectivity index (χ3v) is 3.27. The average molecular weight is 273 g/mol. The first-order chi connectivity index (χ1) is 8.99. The summed E-state index contributed by atoms with van der Waals surface area (Å²) in [5, 5.41) is 28.8. The van der Waals surface area contributed by atoms with Crippen LogP contribution in [0, 0.1) is 0 Å². The Labute approximate surface area is 110 Å². The van der Waals surface area contributed by atoms with Gasteiger partial charge in [-0.1, -0.05) is 0 Å². The summed E-state index contributed by atoms with van der Waals surface area (Å²) in [7, 11) is 1.45. The van der Waals surface area contributed by atoms with Crippen molar-refractivity contribution in [2.75, 3.05) is 13.7 Å². The summed E-state index contributed by atoms with van der Waals surface area (Å²) < 4.78 is 10.6. The number of hydrogen-bond donors (Lipinski definition) is 4. The normalized spacial score (nSPS) is 39.2. The van der Waals surface area contributed by atoms with Gasteiger partial charge in [-0.15, -0.1) is 0 Å². The summed E-state index contributed by atoms with van der Waals surface area (Å²) >= 11 is 0. The third-order valence-electron chi connectivity index (χ3n) is 3.27. The molecule has 2 rings (SSSR count). The average Bonchev–Trinajstić information content (AvgIpc) is 2.69. The largest absolute Gasteiger partial charge is 0.394 e. The molecular formula is C11H19N3O5. The first kappa shape index (κ1) is 14.2. The van der Waals surface area contributed by atoms with Gasteiger partial charge in [0.2, 0.25) is 6.35 Å². The van der Waals surface area contributed by atoms with E-state index in [1.165, 1.54) is 12.0 Å². The molecule has 0 spiro atoms. The fourth-order valence-corrected chi connectivity index (χ4v) is 2.14. The molecule has 108 valence electrons. The predicted octanol–water partition coefficient (Wildman–Crippen LogP) is -2.07. The van der Waals surface area contributed by atoms with Crippen molar-refractivity contribution in [1.82, 2.24) is 4.90 Å². The Morgan fingerprint density at radius 1 is 1.47 bits per heavy atom. The number of nitrogens with zero attached hydrogens (tertiary/aromatic N) is 2. The molecule has 0 aromatic carbocycles. The van der Waals surface area contributed by atoms with E-state index >= 15 is 0 Å². The summed E-state index contributed by atoms with van der Waals surface area (Å²) in [6.45, 7) is 1.38. The van der Waals surface area contributed by atoms with Crippen molar-refractivity contribution in [3.05, 3.63) is 11.8 Å². The minimum atomic E-state index is -1.17. The van der Waals surface area contributed by atoms with Crippen molar-refractivity contribution in [1.29, 1.82) is 0 Å². The van der Waals surface area contributed by atoms with E-state index in [2.05, 4.69) is 4.99 Å². The Morgan fingerprint density at radius 3 is 2.68 bits per heavy atom. The maximum absolute atomic E-state index is 9.98. The van der Waals surface area contributed by atoms with Gasteiger partial charge in [-0.25, -0.2) is 4.99 Å². The molecule has 1 saturated heterocycles. The molecule has 2 aliphatic rings. The van der Waals surface area contributed by atoms with E-state index in [1.807, 2.05) is 0 Å². The fraction of sp³-hybridized carbons (Fsp3) is 0.727. The topological polar surface area (TPSA) is 121 Å². The molecule has 8 nitrogen and oxygen atoms in total. The van der Waals surface area contributed by atoms with Crippen LogP contribution in [0.2, 0.25) is 0 Å². The van der Waals surface area contributed by atoms with Crippen LogP contribution in [0.3, 0.4) is 0 Å². The molecular weight excluding hydrogens is 254 g/mol. The SMILES string of the molecule is COC1N=C(N)C(C)=CN1[C@@H]1O[C@H](CO)[C@@H](O)[C@H]1O. The standard InChI is InChI=1S/C11H19N3O5/c1-5-3-14(11(18-2)13-9(5)12)10-8(17)7(16)6(4-15)19-10/h3,6-8,10-11,15-17H,4H2,1-2H3,(H2,12,13)/t6-,7-,8-,10-,11?/m1/s1. The van der Waals surface area contributed by atoms with Crippen LogP contribution < -0.4 is 5.73 Å². The van der Waals surface area contributed by atoms with Gasteiger partial charge in [0.05, 0.1) is 6.61 Å². The molecule has 5 N–H and O–H groups in total. The zero-order valence-corrected chi connectivity index (χ0v) is 10.8. The van der Waals surface area contributed by atoms with Crippen LogP contribution in [0.4, 0.5) is 0 Å². The lowest BCUT2D eigenvalue weighted by atomic mass is 10.1. The van der Waals surface area contributed by atoms with Gasteiger partial charge >= 0.3 is 0 Å². The quantitative estimate of drug-likeness (QED) is 0.466. The van der Waals surface area contributed by atoms with Gasteiger partial charge in [-0.2, -0.15) is 0 Å². The maximum Gasteiger partial charge on any atom is 0.231 e. The number of nitrogens with two attached hydrogens (primary N) is 1. The summed E-state index contributed by atoms with van der Waals surface area (Å²) in [4.78, 5) is 5.64. The van der Waals surface area contributed by atoms with E-state index in [0.717, 1.165) is 0 Å². The second-order valence-corrected chi connectivity index (χ2v) is 4.56. The van der Waals surface area contributed by atoms with Crippen LogP contribution in [-0.2, 0) is 9.47 Å². The highest BCUT2D eigenvalue weighted by molar-refractivity contribution is 5.96. The lowest BCUT2D eigenvalue weighted by Gasteiger charge is -2.35. The summed E-state index contributed by atoms with van der Waals surface area (Å²) in [6, 6.07) is 0. The molecule has 8 heteroatoms. The minimum absolute atomic E-state index is 0.342. The molecule has 5 atom stereocenters. The number of methoxy groups -OCH3 is 1. The van der Waals surface area contributed by atoms with Crippen LogP contribution >= 0.6 is 0 Å². The highest BCUT2D eigenvalue weighted by Crippen LogP contribution is 2.28. The Bertz CT molecular complexity index is 400. The first-order valence-corrected chi connectivity index (χ1v) is 5.94. The molecule has 1 unspecified atom stereocenters. The molecule has 0 bridgehead atoms. The number of hydrogen-bond acceptors (Lipinski definition) is 8. The van der Waals surface area contributed by atoms with E-state index in [0.29, 0.717) is 11.4 Å². The Hall–Kier alpha value is -1.19. The van der Waals surface area contributed by atoms with E-state index in [4.69, 9.17) is 20.3 Å². The number of aliphatic hydroxyl groups excluding tert-OH is 3. The van der Waals surface area contributed by atoms with Crippen molar-refractivity contribution in [2.45, 2.75) is 37.8 Å². The molecule has 0 aromatic heterocycles. The highest BCUT2D eigenvalue weighted by Gasteiger charge is 2.46. The van der Waals surface area contributed by atoms with Gasteiger partial charge in [0.25, 0.3) is 0 Å². The number of aliphatic imine (C=N–C) groups is 1. The van der Waals surface area contributed by atoms with Crippen LogP contribution in [0.5, 0.6) is 0 Å². The molecule has 2 aliphatic heterocycles. The van der Waals surface area contributed by atoms with Crippen molar-refractivity contribution >= 4 is 5.84 Å². The van der Waals surface area contributed by atoms with Gasteiger partial charge in [0.15, 0.2) is 6.23 Å². The fourth-order valence-electron chi connectivity index (χ4n) is 2.14. The van der Waals surface area contributed by atoms with Crippen molar-refractivity contribution < 1.29 is 24.8 Å². The highest BCUT2D eigenvalue weighted by atomic mass is 16.6. The molecule has 0 aromatic rings. The van der Waals surface area contributed by atoms with E-state index in [9.17, 15) is 10.2 Å². The Kier molecular flexibility index (Phi) is 4.07. The van der Waals surface area contributed by atoms with Gasteiger partial charge in [-0.3, -0.25) is 0 Å². The summed E-state index contributed by atoms with van der Waals surface area (Å²) in [5.41, 5.74) is 6.40. The van der Waals surface area contributed by atoms with Crippen LogP contribution in [0.15, 0.2) is 16.8 Å². The number of rotatable bonds is 3. The summed E-state index contributed by atoms with van der Waals surface area (Å²) in [5.74, 6) is 0.342. The molecule has 0 radical (unpaired) electrons. The number of ether oxygens (including phenoxy) is 2. The zero-order chi connectivity index (χ0) is 14.2. The van der Waals surface area contributed by atoms with Gasteiger partial charge < -0.3 is 35.4 Å². The molecule has 0 amide bonds. The molecule has 0 saturated carbocycles. The van der Waals surface area contributed by atoms with Crippen LogP contribution in [0.1, 0.15) is 6.92 Å². The van der Waals surface area contributed by atoms with E-state index < -0.39 is 30.9 Å². The molecule has 1 fully saturated rings. The number of amidine groups is 1. The van der Waals surface area contributed by atoms with Gasteiger partial charge in [-0.05, 0) is 6.92 Å². The maximum atomic E-state index is 9.98. The second-order valence-electron chi connectivity index (χ2n) is 4.56. The Balaban J connectivity index is 2.22. The van der Waals surface area contributed by atoms with Crippen molar-refractivity contribution in [3.8, 4) is 0 Å². The molecule has 19 heavy (non-hydrogen) atoms. The van der Waals surface area contributed by atoms with Crippen molar-refractivity contribution in [3.63, 3.8) is 0 Å². The predicted molar refractivity (Wildman–Crippen MR) is 65.8 cm³/mol. The lowest BCUT2D eigenvalue weighted by Crippen LogP contribution is -2.49. The van der Waals surface area contributed by atoms with E-state index in [1.54, 1.807) is 13.1 Å². The van der Waals surface area contributed by atoms with Gasteiger partial charge in [0.1, 0.15) is 24.1 Å².